The van der Waals surface area contributed by atoms with Crippen molar-refractivity contribution in [2.24, 2.45) is 5.92 Å². The summed E-state index contributed by atoms with van der Waals surface area (Å²) in [6.07, 6.45) is 9.05. The number of benzene rings is 1. The molecule has 2 unspecified atom stereocenters. The molecule has 1 aromatic carbocycles. The van der Waals surface area contributed by atoms with Crippen LogP contribution in [0, 0.1) is 5.92 Å². The van der Waals surface area contributed by atoms with Crippen molar-refractivity contribution in [1.29, 1.82) is 0 Å². The molecular formula is C27H39N3O5. The molecule has 8 nitrogen and oxygen atoms in total. The summed E-state index contributed by atoms with van der Waals surface area (Å²) in [4.78, 5) is 27.2. The van der Waals surface area contributed by atoms with Gasteiger partial charge < -0.3 is 19.9 Å². The summed E-state index contributed by atoms with van der Waals surface area (Å²) in [6, 6.07) is 11.5. The van der Waals surface area contributed by atoms with E-state index in [4.69, 9.17) is 19.9 Å². The zero-order chi connectivity index (χ0) is 26.5. The van der Waals surface area contributed by atoms with Crippen LogP contribution in [-0.4, -0.2) is 43.1 Å². The Kier molecular flexibility index (Phi) is 17.9. The lowest BCUT2D eigenvalue weighted by molar-refractivity contribution is -0.145. The Labute approximate surface area is 208 Å². The molecule has 0 amide bonds. The van der Waals surface area contributed by atoms with Crippen LogP contribution in [0.15, 0.2) is 83.8 Å². The predicted octanol–water partition coefficient (Wildman–Crippen LogP) is 4.64. The van der Waals surface area contributed by atoms with Gasteiger partial charge in [-0.2, -0.15) is 0 Å². The molecule has 35 heavy (non-hydrogen) atoms. The first-order valence-electron chi connectivity index (χ1n) is 11.2. The quantitative estimate of drug-likeness (QED) is 0.468. The summed E-state index contributed by atoms with van der Waals surface area (Å²) < 4.78 is 14.2. The van der Waals surface area contributed by atoms with Crippen molar-refractivity contribution in [3.05, 3.63) is 95.1 Å². The largest absolute Gasteiger partial charge is 0.469 e. The van der Waals surface area contributed by atoms with Gasteiger partial charge in [0.15, 0.2) is 0 Å². The number of allylic oxidation sites excluding steroid dienone is 5. The van der Waals surface area contributed by atoms with Gasteiger partial charge in [0.25, 0.3) is 0 Å². The molecular weight excluding hydrogens is 446 g/mol. The van der Waals surface area contributed by atoms with Gasteiger partial charge in [-0.15, -0.1) is 0 Å². The van der Waals surface area contributed by atoms with Gasteiger partial charge >= 0.3 is 11.7 Å². The van der Waals surface area contributed by atoms with Crippen LogP contribution >= 0.6 is 0 Å². The molecule has 0 radical (unpaired) electrons. The van der Waals surface area contributed by atoms with Crippen molar-refractivity contribution in [1.82, 2.24) is 9.97 Å². The number of methoxy groups -OCH3 is 1. The number of rotatable bonds is 5. The number of carbonyl (C=O) groups is 1. The molecule has 1 aliphatic rings. The lowest BCUT2D eigenvalue weighted by atomic mass is 9.89. The SMILES string of the molecule is C1COCO1.C=C/C=C\C=C(C)C.COC(=O)C(C)C(C)c1ccccc1.Nc1ccnc(=O)[nH]1. The van der Waals surface area contributed by atoms with E-state index in [1.807, 2.05) is 62.4 Å². The Hall–Kier alpha value is -3.49. The third-order valence-electron chi connectivity index (χ3n) is 4.56. The van der Waals surface area contributed by atoms with Gasteiger partial charge in [0.2, 0.25) is 0 Å². The maximum Gasteiger partial charge on any atom is 0.346 e. The number of ether oxygens (including phenoxy) is 3. The molecule has 1 saturated heterocycles. The fraction of sp³-hybridized carbons (Fsp3) is 0.370. The lowest BCUT2D eigenvalue weighted by Crippen LogP contribution is -2.18. The standard InChI is InChI=1S/C12H16O2.C8H12.C4H5N3O.C3H6O2/c1-9(10(2)12(13)14-3)11-7-5-4-6-8-11;1-4-5-6-7-8(2)3;5-3-1-2-6-4(8)7-3;1-2-5-3-4-1/h4-10H,1-3H3;4-7H,1H2,2-3H3;1-2H,(H3,5,6,7,8);1-3H2/b;6-5-;;. The van der Waals surface area contributed by atoms with Crippen LogP contribution in [0.1, 0.15) is 39.2 Å². The molecule has 3 rings (SSSR count). The van der Waals surface area contributed by atoms with Gasteiger partial charge in [-0.1, -0.05) is 80.6 Å². The molecule has 0 aliphatic carbocycles. The fourth-order valence-electron chi connectivity index (χ4n) is 2.44. The van der Waals surface area contributed by atoms with E-state index >= 15 is 0 Å². The van der Waals surface area contributed by atoms with Gasteiger partial charge in [0.05, 0.1) is 26.2 Å². The van der Waals surface area contributed by atoms with E-state index in [2.05, 4.69) is 30.4 Å². The van der Waals surface area contributed by atoms with Crippen molar-refractivity contribution < 1.29 is 19.0 Å². The third kappa shape index (κ3) is 16.7. The number of H-pyrrole nitrogens is 1. The topological polar surface area (TPSA) is 117 Å². The first-order chi connectivity index (χ1) is 16.7. The van der Waals surface area contributed by atoms with Crippen LogP contribution in [0.4, 0.5) is 5.82 Å². The number of aromatic nitrogens is 2. The summed E-state index contributed by atoms with van der Waals surface area (Å²) in [5.74, 6) is 0.289. The highest BCUT2D eigenvalue weighted by molar-refractivity contribution is 5.73. The minimum Gasteiger partial charge on any atom is -0.469 e. The van der Waals surface area contributed by atoms with Gasteiger partial charge in [-0.25, -0.2) is 9.78 Å². The van der Waals surface area contributed by atoms with E-state index in [0.717, 1.165) is 13.2 Å². The molecule has 1 aromatic heterocycles. The second-order valence-electron chi connectivity index (χ2n) is 7.64. The molecule has 1 aliphatic heterocycles. The molecule has 2 heterocycles. The predicted molar refractivity (Wildman–Crippen MR) is 141 cm³/mol. The molecule has 1 fully saturated rings. The maximum absolute atomic E-state index is 11.3. The second kappa shape index (κ2) is 19.9. The van der Waals surface area contributed by atoms with E-state index in [0.29, 0.717) is 12.6 Å². The minimum atomic E-state index is -0.412. The normalized spacial score (nSPS) is 13.4. The smallest absolute Gasteiger partial charge is 0.346 e. The number of hydrogen-bond acceptors (Lipinski definition) is 7. The Balaban J connectivity index is 0.000000472. The molecule has 0 bridgehead atoms. The average molecular weight is 486 g/mol. The van der Waals surface area contributed by atoms with Crippen LogP contribution in [0.5, 0.6) is 0 Å². The summed E-state index contributed by atoms with van der Waals surface area (Å²) in [5, 5.41) is 0. The van der Waals surface area contributed by atoms with Crippen molar-refractivity contribution in [2.75, 3.05) is 32.9 Å². The molecule has 0 saturated carbocycles. The van der Waals surface area contributed by atoms with E-state index < -0.39 is 5.69 Å². The summed E-state index contributed by atoms with van der Waals surface area (Å²) in [7, 11) is 1.43. The van der Waals surface area contributed by atoms with Gasteiger partial charge in [0, 0.05) is 6.20 Å². The maximum atomic E-state index is 11.3. The monoisotopic (exact) mass is 485 g/mol. The van der Waals surface area contributed by atoms with Crippen molar-refractivity contribution in [2.45, 2.75) is 33.6 Å². The number of carbonyl (C=O) groups excluding carboxylic acids is 1. The van der Waals surface area contributed by atoms with E-state index in [1.54, 1.807) is 6.08 Å². The minimum absolute atomic E-state index is 0.0950. The second-order valence-corrected chi connectivity index (χ2v) is 7.64. The molecule has 0 spiro atoms. The fourth-order valence-corrected chi connectivity index (χ4v) is 2.44. The van der Waals surface area contributed by atoms with Crippen molar-refractivity contribution in [3.63, 3.8) is 0 Å². The van der Waals surface area contributed by atoms with Crippen molar-refractivity contribution >= 4 is 11.8 Å². The van der Waals surface area contributed by atoms with Gasteiger partial charge in [-0.3, -0.25) is 9.78 Å². The van der Waals surface area contributed by atoms with Crippen LogP contribution < -0.4 is 11.4 Å². The first kappa shape index (κ1) is 31.5. The Morgan fingerprint density at radius 2 is 1.77 bits per heavy atom. The number of esters is 1. The number of nitrogens with one attached hydrogen (secondary N) is 1. The highest BCUT2D eigenvalue weighted by atomic mass is 16.7. The number of nitrogens with two attached hydrogens (primary N) is 1. The van der Waals surface area contributed by atoms with E-state index in [1.165, 1.54) is 30.5 Å². The van der Waals surface area contributed by atoms with Crippen LogP contribution in [0.25, 0.3) is 0 Å². The summed E-state index contributed by atoms with van der Waals surface area (Å²) >= 11 is 0. The van der Waals surface area contributed by atoms with Gasteiger partial charge in [-0.05, 0) is 31.4 Å². The lowest BCUT2D eigenvalue weighted by Gasteiger charge is -2.17. The number of anilines is 1. The van der Waals surface area contributed by atoms with Crippen LogP contribution in [0.2, 0.25) is 0 Å². The summed E-state index contributed by atoms with van der Waals surface area (Å²) in [6.45, 7) is 13.7. The highest BCUT2D eigenvalue weighted by Crippen LogP contribution is 2.24. The Bertz CT molecular complexity index is 939. The molecule has 8 heteroatoms. The van der Waals surface area contributed by atoms with E-state index in [-0.39, 0.29) is 17.8 Å². The van der Waals surface area contributed by atoms with Crippen molar-refractivity contribution in [3.8, 4) is 0 Å². The van der Waals surface area contributed by atoms with Crippen LogP contribution in [0.3, 0.4) is 0 Å². The van der Waals surface area contributed by atoms with Crippen LogP contribution in [-0.2, 0) is 19.0 Å². The number of aromatic amines is 1. The van der Waals surface area contributed by atoms with Gasteiger partial charge in [0.1, 0.15) is 12.6 Å². The molecule has 3 N–H and O–H groups in total. The number of nitrogens with zero attached hydrogens (tertiary/aromatic N) is 1. The highest BCUT2D eigenvalue weighted by Gasteiger charge is 2.21. The Morgan fingerprint density at radius 3 is 2.17 bits per heavy atom. The zero-order valence-corrected chi connectivity index (χ0v) is 21.4. The zero-order valence-electron chi connectivity index (χ0n) is 21.4. The van der Waals surface area contributed by atoms with E-state index in [9.17, 15) is 9.59 Å². The summed E-state index contributed by atoms with van der Waals surface area (Å²) in [5.41, 5.74) is 7.23. The number of nitrogen functional groups attached to an aromatic ring is 1. The number of hydrogen-bond donors (Lipinski definition) is 2. The average Bonchev–Trinajstić information content (AvgIpc) is 3.44. The third-order valence-corrected chi connectivity index (χ3v) is 4.56. The molecule has 2 atom stereocenters. The first-order valence-corrected chi connectivity index (χ1v) is 11.2. The Morgan fingerprint density at radius 1 is 1.14 bits per heavy atom. The molecule has 192 valence electrons. The molecule has 2 aromatic rings.